The summed E-state index contributed by atoms with van der Waals surface area (Å²) in [5, 5.41) is 3.52. The highest BCUT2D eigenvalue weighted by Crippen LogP contribution is 2.17. The average molecular weight is 191 g/mol. The first-order valence-electron chi connectivity index (χ1n) is 5.31. The second-order valence-corrected chi connectivity index (χ2v) is 3.91. The van der Waals surface area contributed by atoms with E-state index in [9.17, 15) is 0 Å². The molecule has 0 radical (unpaired) electrons. The van der Waals surface area contributed by atoms with Gasteiger partial charge in [-0.3, -0.25) is 0 Å². The number of hydrogen-bond donors (Lipinski definition) is 1. The summed E-state index contributed by atoms with van der Waals surface area (Å²) < 4.78 is 5.29. The monoisotopic (exact) mass is 191 g/mol. The summed E-state index contributed by atoms with van der Waals surface area (Å²) in [7, 11) is 0. The van der Waals surface area contributed by atoms with Gasteiger partial charge in [-0.05, 0) is 44.5 Å². The fourth-order valence-corrected chi connectivity index (χ4v) is 1.94. The van der Waals surface area contributed by atoms with Crippen molar-refractivity contribution in [3.05, 3.63) is 29.7 Å². The largest absolute Gasteiger partial charge is 0.465 e. The lowest BCUT2D eigenvalue weighted by molar-refractivity contribution is 0.440. The SMILES string of the molecule is C/C(=C/c1ccco1)C1CCCCN1. The van der Waals surface area contributed by atoms with Crippen LogP contribution in [0.5, 0.6) is 0 Å². The number of hydrogen-bond acceptors (Lipinski definition) is 2. The third-order valence-corrected chi connectivity index (χ3v) is 2.77. The Kier molecular flexibility index (Phi) is 3.04. The molecule has 1 aliphatic rings. The maximum Gasteiger partial charge on any atom is 0.126 e. The highest BCUT2D eigenvalue weighted by molar-refractivity contribution is 5.48. The van der Waals surface area contributed by atoms with Gasteiger partial charge in [0.15, 0.2) is 0 Å². The van der Waals surface area contributed by atoms with Gasteiger partial charge in [-0.25, -0.2) is 0 Å². The van der Waals surface area contributed by atoms with Crippen molar-refractivity contribution in [3.63, 3.8) is 0 Å². The van der Waals surface area contributed by atoms with Gasteiger partial charge in [0.2, 0.25) is 0 Å². The second kappa shape index (κ2) is 4.47. The first-order valence-corrected chi connectivity index (χ1v) is 5.31. The molecular weight excluding hydrogens is 174 g/mol. The highest BCUT2D eigenvalue weighted by atomic mass is 16.3. The van der Waals surface area contributed by atoms with E-state index in [0.717, 1.165) is 12.3 Å². The van der Waals surface area contributed by atoms with Crippen LogP contribution in [0.2, 0.25) is 0 Å². The molecule has 0 aromatic carbocycles. The van der Waals surface area contributed by atoms with Gasteiger partial charge >= 0.3 is 0 Å². The average Bonchev–Trinajstić information content (AvgIpc) is 2.72. The van der Waals surface area contributed by atoms with Gasteiger partial charge in [-0.1, -0.05) is 12.0 Å². The number of nitrogens with one attached hydrogen (secondary N) is 1. The fourth-order valence-electron chi connectivity index (χ4n) is 1.94. The van der Waals surface area contributed by atoms with E-state index in [-0.39, 0.29) is 0 Å². The van der Waals surface area contributed by atoms with Crippen molar-refractivity contribution in [2.75, 3.05) is 6.54 Å². The van der Waals surface area contributed by atoms with Crippen LogP contribution in [0.1, 0.15) is 31.9 Å². The van der Waals surface area contributed by atoms with Crippen LogP contribution in [-0.4, -0.2) is 12.6 Å². The molecule has 0 aliphatic carbocycles. The molecule has 1 aromatic rings. The van der Waals surface area contributed by atoms with Crippen molar-refractivity contribution in [3.8, 4) is 0 Å². The number of furan rings is 1. The molecule has 2 heteroatoms. The summed E-state index contributed by atoms with van der Waals surface area (Å²) in [5.41, 5.74) is 1.37. The molecule has 1 unspecified atom stereocenters. The van der Waals surface area contributed by atoms with Crippen molar-refractivity contribution in [2.45, 2.75) is 32.2 Å². The Balaban J connectivity index is 2.02. The number of rotatable bonds is 2. The van der Waals surface area contributed by atoms with Crippen LogP contribution in [0.15, 0.2) is 28.4 Å². The third-order valence-electron chi connectivity index (χ3n) is 2.77. The normalized spacial score (nSPS) is 23.8. The van der Waals surface area contributed by atoms with Crippen molar-refractivity contribution in [1.29, 1.82) is 0 Å². The minimum atomic E-state index is 0.550. The minimum absolute atomic E-state index is 0.550. The van der Waals surface area contributed by atoms with Crippen LogP contribution in [0.25, 0.3) is 6.08 Å². The zero-order valence-corrected chi connectivity index (χ0v) is 8.62. The lowest BCUT2D eigenvalue weighted by atomic mass is 9.98. The standard InChI is InChI=1S/C12H17NO/c1-10(9-11-5-4-8-14-11)12-6-2-3-7-13-12/h4-5,8-9,12-13H,2-3,6-7H2,1H3/b10-9-. The Labute approximate surface area is 85.0 Å². The first-order chi connectivity index (χ1) is 6.86. The van der Waals surface area contributed by atoms with Gasteiger partial charge in [-0.15, -0.1) is 0 Å². The molecule has 2 rings (SSSR count). The summed E-state index contributed by atoms with van der Waals surface area (Å²) in [4.78, 5) is 0. The second-order valence-electron chi connectivity index (χ2n) is 3.91. The molecule has 0 bridgehead atoms. The molecule has 2 nitrogen and oxygen atoms in total. The molecule has 76 valence electrons. The lowest BCUT2D eigenvalue weighted by Crippen LogP contribution is -2.34. The van der Waals surface area contributed by atoms with Gasteiger partial charge in [0.25, 0.3) is 0 Å². The third kappa shape index (κ3) is 2.26. The van der Waals surface area contributed by atoms with Crippen molar-refractivity contribution < 1.29 is 4.42 Å². The van der Waals surface area contributed by atoms with Gasteiger partial charge < -0.3 is 9.73 Å². The Morgan fingerprint density at radius 2 is 2.50 bits per heavy atom. The van der Waals surface area contributed by atoms with E-state index in [4.69, 9.17) is 4.42 Å². The topological polar surface area (TPSA) is 25.2 Å². The highest BCUT2D eigenvalue weighted by Gasteiger charge is 2.13. The summed E-state index contributed by atoms with van der Waals surface area (Å²) in [5.74, 6) is 0.954. The van der Waals surface area contributed by atoms with Gasteiger partial charge in [0.05, 0.1) is 6.26 Å². The Morgan fingerprint density at radius 1 is 1.57 bits per heavy atom. The maximum atomic E-state index is 5.29. The van der Waals surface area contributed by atoms with Crippen LogP contribution in [-0.2, 0) is 0 Å². The molecule has 1 aromatic heterocycles. The predicted octanol–water partition coefficient (Wildman–Crippen LogP) is 2.83. The minimum Gasteiger partial charge on any atom is -0.465 e. The summed E-state index contributed by atoms with van der Waals surface area (Å²) in [6.07, 6.45) is 7.74. The van der Waals surface area contributed by atoms with Crippen LogP contribution >= 0.6 is 0 Å². The van der Waals surface area contributed by atoms with E-state index in [1.807, 2.05) is 12.1 Å². The zero-order valence-electron chi connectivity index (χ0n) is 8.62. The molecule has 1 fully saturated rings. The van der Waals surface area contributed by atoms with Crippen LogP contribution in [0.3, 0.4) is 0 Å². The molecule has 2 heterocycles. The molecule has 1 N–H and O–H groups in total. The lowest BCUT2D eigenvalue weighted by Gasteiger charge is -2.24. The van der Waals surface area contributed by atoms with Crippen molar-refractivity contribution in [2.24, 2.45) is 0 Å². The molecule has 0 saturated carbocycles. The Bertz CT molecular complexity index is 294. The van der Waals surface area contributed by atoms with E-state index in [2.05, 4.69) is 18.3 Å². The van der Waals surface area contributed by atoms with Gasteiger partial charge in [-0.2, -0.15) is 0 Å². The van der Waals surface area contributed by atoms with Gasteiger partial charge in [0.1, 0.15) is 5.76 Å². The van der Waals surface area contributed by atoms with Crippen LogP contribution < -0.4 is 5.32 Å². The van der Waals surface area contributed by atoms with E-state index in [1.165, 1.54) is 24.8 Å². The molecule has 1 saturated heterocycles. The zero-order chi connectivity index (χ0) is 9.80. The van der Waals surface area contributed by atoms with Crippen LogP contribution in [0.4, 0.5) is 0 Å². The molecular formula is C12H17NO. The Morgan fingerprint density at radius 3 is 3.14 bits per heavy atom. The van der Waals surface area contributed by atoms with E-state index in [1.54, 1.807) is 6.26 Å². The molecule has 14 heavy (non-hydrogen) atoms. The quantitative estimate of drug-likeness (QED) is 0.777. The molecule has 0 amide bonds. The van der Waals surface area contributed by atoms with Crippen molar-refractivity contribution in [1.82, 2.24) is 5.32 Å². The smallest absolute Gasteiger partial charge is 0.126 e. The van der Waals surface area contributed by atoms with Gasteiger partial charge in [0, 0.05) is 6.04 Å². The molecule has 0 spiro atoms. The van der Waals surface area contributed by atoms with E-state index < -0.39 is 0 Å². The molecule has 1 atom stereocenters. The van der Waals surface area contributed by atoms with E-state index in [0.29, 0.717) is 6.04 Å². The predicted molar refractivity (Wildman–Crippen MR) is 58.0 cm³/mol. The maximum absolute atomic E-state index is 5.29. The fraction of sp³-hybridized carbons (Fsp3) is 0.500. The Hall–Kier alpha value is -1.02. The number of piperidine rings is 1. The van der Waals surface area contributed by atoms with Crippen molar-refractivity contribution >= 4 is 6.08 Å². The summed E-state index contributed by atoms with van der Waals surface area (Å²) in [6.45, 7) is 3.32. The van der Waals surface area contributed by atoms with E-state index >= 15 is 0 Å². The summed E-state index contributed by atoms with van der Waals surface area (Å²) >= 11 is 0. The molecule has 1 aliphatic heterocycles. The first kappa shape index (κ1) is 9.53. The van der Waals surface area contributed by atoms with Crippen LogP contribution in [0, 0.1) is 0 Å². The summed E-state index contributed by atoms with van der Waals surface area (Å²) in [6, 6.07) is 4.47.